The Bertz CT molecular complexity index is 1370. The highest BCUT2D eigenvalue weighted by molar-refractivity contribution is 6.33. The van der Waals surface area contributed by atoms with Crippen LogP contribution in [0.2, 0.25) is 5.02 Å². The molecule has 2 saturated carbocycles. The number of halogens is 1. The van der Waals surface area contributed by atoms with Gasteiger partial charge in [0.2, 0.25) is 5.88 Å². The SMILES string of the molecule is Cc1c(Nc2ccc(C#N)cc2Cl)ncnc1OC1C2COCC23C1CN3c1nc(C2CC2)no1. The molecule has 35 heavy (non-hydrogen) atoms. The van der Waals surface area contributed by atoms with E-state index in [2.05, 4.69) is 36.4 Å². The fourth-order valence-corrected chi connectivity index (χ4v) is 5.92. The molecule has 4 unspecified atom stereocenters. The Balaban J connectivity index is 1.09. The van der Waals surface area contributed by atoms with Crippen LogP contribution in [-0.4, -0.2) is 51.5 Å². The summed E-state index contributed by atoms with van der Waals surface area (Å²) >= 11 is 6.33. The maximum atomic E-state index is 9.06. The van der Waals surface area contributed by atoms with Crippen LogP contribution in [0.4, 0.5) is 17.5 Å². The summed E-state index contributed by atoms with van der Waals surface area (Å²) in [7, 11) is 0. The standard InChI is InChI=1S/C24H22ClN7O3/c1-12-20(29-18-5-2-13(7-26)6-17(18)25)27-11-28-22(12)34-19-15-8-32(24(15)10-33-9-16(19)24)23-30-21(31-35-23)14-3-4-14/h2,5-6,11,14-16,19H,3-4,8-10H2,1H3,(H,27,28,29). The number of hydrogen-bond acceptors (Lipinski definition) is 10. The maximum absolute atomic E-state index is 9.06. The molecule has 0 bridgehead atoms. The summed E-state index contributed by atoms with van der Waals surface area (Å²) in [6.45, 7) is 3.96. The van der Waals surface area contributed by atoms with Crippen molar-refractivity contribution >= 4 is 29.1 Å². The van der Waals surface area contributed by atoms with E-state index < -0.39 is 0 Å². The largest absolute Gasteiger partial charge is 0.473 e. The van der Waals surface area contributed by atoms with Gasteiger partial charge in [-0.3, -0.25) is 0 Å². The van der Waals surface area contributed by atoms with Gasteiger partial charge < -0.3 is 24.2 Å². The molecule has 1 N–H and O–H groups in total. The minimum Gasteiger partial charge on any atom is -0.473 e. The van der Waals surface area contributed by atoms with Crippen molar-refractivity contribution in [1.29, 1.82) is 5.26 Å². The van der Waals surface area contributed by atoms with Gasteiger partial charge in [-0.05, 0) is 38.0 Å². The summed E-state index contributed by atoms with van der Waals surface area (Å²) in [5.74, 6) is 2.90. The normalized spacial score (nSPS) is 28.4. The number of benzene rings is 1. The summed E-state index contributed by atoms with van der Waals surface area (Å²) in [5.41, 5.74) is 1.79. The lowest BCUT2D eigenvalue weighted by atomic mass is 9.51. The fourth-order valence-electron chi connectivity index (χ4n) is 5.69. The molecule has 4 atom stereocenters. The summed E-state index contributed by atoms with van der Waals surface area (Å²) in [6.07, 6.45) is 3.74. The first-order valence-electron chi connectivity index (χ1n) is 11.7. The van der Waals surface area contributed by atoms with Crippen molar-refractivity contribution in [3.05, 3.63) is 46.5 Å². The molecule has 2 saturated heterocycles. The zero-order valence-electron chi connectivity index (χ0n) is 18.9. The summed E-state index contributed by atoms with van der Waals surface area (Å²) in [6, 6.07) is 7.76. The van der Waals surface area contributed by atoms with Crippen molar-refractivity contribution in [1.82, 2.24) is 20.1 Å². The highest BCUT2D eigenvalue weighted by atomic mass is 35.5. The molecule has 2 aliphatic carbocycles. The van der Waals surface area contributed by atoms with Crippen LogP contribution in [0.5, 0.6) is 5.88 Å². The van der Waals surface area contributed by atoms with E-state index in [0.717, 1.165) is 30.8 Å². The van der Waals surface area contributed by atoms with Gasteiger partial charge in [-0.25, -0.2) is 9.97 Å². The highest BCUT2D eigenvalue weighted by Gasteiger charge is 2.76. The molecule has 11 heteroatoms. The molecule has 4 aliphatic rings. The molecular formula is C24H22ClN7O3. The van der Waals surface area contributed by atoms with Crippen LogP contribution >= 0.6 is 11.6 Å². The molecular weight excluding hydrogens is 470 g/mol. The van der Waals surface area contributed by atoms with Gasteiger partial charge in [-0.1, -0.05) is 16.8 Å². The summed E-state index contributed by atoms with van der Waals surface area (Å²) in [4.78, 5) is 15.6. The van der Waals surface area contributed by atoms with Crippen molar-refractivity contribution in [3.8, 4) is 11.9 Å². The van der Waals surface area contributed by atoms with Gasteiger partial charge >= 0.3 is 6.01 Å². The fraction of sp³-hybridized carbons (Fsp3) is 0.458. The molecule has 1 aromatic carbocycles. The third-order valence-corrected chi connectivity index (χ3v) is 8.14. The number of nitrogens with one attached hydrogen (secondary N) is 1. The predicted molar refractivity (Wildman–Crippen MR) is 125 cm³/mol. The molecule has 0 radical (unpaired) electrons. The van der Waals surface area contributed by atoms with Crippen LogP contribution in [0.15, 0.2) is 29.0 Å². The summed E-state index contributed by atoms with van der Waals surface area (Å²) in [5, 5.41) is 16.9. The molecule has 0 amide bonds. The first kappa shape index (κ1) is 20.9. The molecule has 2 aliphatic heterocycles. The third kappa shape index (κ3) is 3.04. The Morgan fingerprint density at radius 1 is 1.29 bits per heavy atom. The maximum Gasteiger partial charge on any atom is 0.324 e. The number of hydrogen-bond donors (Lipinski definition) is 1. The van der Waals surface area contributed by atoms with E-state index in [1.165, 1.54) is 6.33 Å². The van der Waals surface area contributed by atoms with E-state index in [4.69, 9.17) is 30.9 Å². The van der Waals surface area contributed by atoms with Crippen LogP contribution in [0.1, 0.15) is 35.7 Å². The van der Waals surface area contributed by atoms with Gasteiger partial charge in [0.05, 0.1) is 46.7 Å². The molecule has 4 fully saturated rings. The quantitative estimate of drug-likeness (QED) is 0.547. The number of nitrogens with zero attached hydrogens (tertiary/aromatic N) is 6. The van der Waals surface area contributed by atoms with Crippen molar-refractivity contribution in [2.45, 2.75) is 37.3 Å². The smallest absolute Gasteiger partial charge is 0.324 e. The summed E-state index contributed by atoms with van der Waals surface area (Å²) < 4.78 is 18.0. The minimum atomic E-state index is -0.143. The number of ether oxygens (including phenoxy) is 2. The Morgan fingerprint density at radius 2 is 2.17 bits per heavy atom. The van der Waals surface area contributed by atoms with Crippen LogP contribution in [0.3, 0.4) is 0 Å². The van der Waals surface area contributed by atoms with E-state index in [-0.39, 0.29) is 17.6 Å². The lowest BCUT2D eigenvalue weighted by Gasteiger charge is -2.68. The van der Waals surface area contributed by atoms with Crippen molar-refractivity contribution < 1.29 is 14.0 Å². The van der Waals surface area contributed by atoms with Crippen molar-refractivity contribution in [2.24, 2.45) is 11.8 Å². The lowest BCUT2D eigenvalue weighted by molar-refractivity contribution is -0.126. The average Bonchev–Trinajstić information content (AvgIpc) is 3.43. The van der Waals surface area contributed by atoms with Crippen LogP contribution in [0, 0.1) is 30.1 Å². The number of piperidine rings is 1. The predicted octanol–water partition coefficient (Wildman–Crippen LogP) is 3.60. The Kier molecular flexibility index (Phi) is 4.50. The first-order chi connectivity index (χ1) is 17.1. The van der Waals surface area contributed by atoms with Gasteiger partial charge in [-0.15, -0.1) is 0 Å². The minimum absolute atomic E-state index is 0.0143. The van der Waals surface area contributed by atoms with Gasteiger partial charge in [0.1, 0.15) is 18.2 Å². The lowest BCUT2D eigenvalue weighted by Crippen LogP contribution is -2.85. The third-order valence-electron chi connectivity index (χ3n) is 7.83. The van der Waals surface area contributed by atoms with Crippen LogP contribution < -0.4 is 15.0 Å². The average molecular weight is 492 g/mol. The van der Waals surface area contributed by atoms with E-state index in [0.29, 0.717) is 59.0 Å². The van der Waals surface area contributed by atoms with E-state index in [1.807, 2.05) is 6.92 Å². The first-order valence-corrected chi connectivity index (χ1v) is 12.1. The highest BCUT2D eigenvalue weighted by Crippen LogP contribution is 2.61. The second-order valence-electron chi connectivity index (χ2n) is 9.71. The molecule has 178 valence electrons. The zero-order valence-corrected chi connectivity index (χ0v) is 19.7. The second kappa shape index (κ2) is 7.54. The number of aromatic nitrogens is 4. The van der Waals surface area contributed by atoms with Crippen LogP contribution in [0.25, 0.3) is 0 Å². The number of rotatable bonds is 6. The Morgan fingerprint density at radius 3 is 2.97 bits per heavy atom. The van der Waals surface area contributed by atoms with Gasteiger partial charge in [0, 0.05) is 24.3 Å². The molecule has 1 spiro atoms. The van der Waals surface area contributed by atoms with E-state index in [9.17, 15) is 0 Å². The van der Waals surface area contributed by atoms with E-state index in [1.54, 1.807) is 18.2 Å². The zero-order chi connectivity index (χ0) is 23.7. The Hall–Kier alpha value is -3.42. The Labute approximate surface area is 206 Å². The molecule has 4 heterocycles. The van der Waals surface area contributed by atoms with E-state index >= 15 is 0 Å². The van der Waals surface area contributed by atoms with Gasteiger partial charge in [-0.2, -0.15) is 10.2 Å². The number of anilines is 3. The molecule has 7 rings (SSSR count). The second-order valence-corrected chi connectivity index (χ2v) is 10.1. The molecule has 10 nitrogen and oxygen atoms in total. The van der Waals surface area contributed by atoms with Crippen molar-refractivity contribution in [3.63, 3.8) is 0 Å². The topological polar surface area (TPSA) is 122 Å². The number of nitriles is 1. The molecule has 3 aromatic rings. The van der Waals surface area contributed by atoms with Crippen molar-refractivity contribution in [2.75, 3.05) is 30.0 Å². The van der Waals surface area contributed by atoms with Crippen LogP contribution in [-0.2, 0) is 4.74 Å². The van der Waals surface area contributed by atoms with Gasteiger partial charge in [0.15, 0.2) is 5.82 Å². The van der Waals surface area contributed by atoms with Gasteiger partial charge in [0.25, 0.3) is 0 Å². The molecule has 2 aromatic heterocycles. The monoisotopic (exact) mass is 491 g/mol.